The van der Waals surface area contributed by atoms with E-state index in [1.165, 1.54) is 27.6 Å². The summed E-state index contributed by atoms with van der Waals surface area (Å²) < 4.78 is 0.886. The van der Waals surface area contributed by atoms with Crippen molar-refractivity contribution in [1.29, 1.82) is 0 Å². The predicted molar refractivity (Wildman–Crippen MR) is 84.5 cm³/mol. The normalized spacial score (nSPS) is 10.3. The van der Waals surface area contributed by atoms with Crippen LogP contribution in [0, 0.1) is 6.92 Å². The lowest BCUT2D eigenvalue weighted by atomic mass is 10.4. The van der Waals surface area contributed by atoms with Crippen LogP contribution in [-0.4, -0.2) is 35.3 Å². The van der Waals surface area contributed by atoms with Gasteiger partial charge in [-0.3, -0.25) is 9.59 Å². The zero-order valence-corrected chi connectivity index (χ0v) is 14.1. The average Bonchev–Trinajstić information content (AvgIpc) is 2.97. The fourth-order valence-electron chi connectivity index (χ4n) is 1.47. The van der Waals surface area contributed by atoms with Gasteiger partial charge in [0.05, 0.1) is 20.9 Å². The van der Waals surface area contributed by atoms with Crippen molar-refractivity contribution in [3.8, 4) is 0 Å². The van der Waals surface area contributed by atoms with Gasteiger partial charge in [0.1, 0.15) is 0 Å². The molecular formula is C12H12BrN3O2S2. The number of carbonyl (C=O) groups excluding carboxylic acids is 2. The Hall–Kier alpha value is -1.25. The lowest BCUT2D eigenvalue weighted by Gasteiger charge is -2.15. The molecule has 0 bridgehead atoms. The molecule has 0 saturated carbocycles. The Morgan fingerprint density at radius 1 is 1.45 bits per heavy atom. The van der Waals surface area contributed by atoms with Gasteiger partial charge in [-0.25, -0.2) is 4.98 Å². The third-order valence-electron chi connectivity index (χ3n) is 2.38. The first-order valence-electron chi connectivity index (χ1n) is 5.68. The Morgan fingerprint density at radius 2 is 2.20 bits per heavy atom. The highest BCUT2D eigenvalue weighted by atomic mass is 79.9. The van der Waals surface area contributed by atoms with Gasteiger partial charge in [0.15, 0.2) is 5.13 Å². The molecule has 0 aliphatic heterocycles. The van der Waals surface area contributed by atoms with Crippen LogP contribution >= 0.6 is 38.6 Å². The number of aryl methyl sites for hydroxylation is 1. The van der Waals surface area contributed by atoms with Crippen LogP contribution in [0.4, 0.5) is 5.13 Å². The number of anilines is 1. The molecule has 0 aliphatic carbocycles. The van der Waals surface area contributed by atoms with E-state index in [2.05, 4.69) is 26.2 Å². The van der Waals surface area contributed by atoms with Gasteiger partial charge >= 0.3 is 0 Å². The van der Waals surface area contributed by atoms with Crippen molar-refractivity contribution in [2.45, 2.75) is 6.92 Å². The van der Waals surface area contributed by atoms with Gasteiger partial charge in [-0.1, -0.05) is 0 Å². The number of carbonyl (C=O) groups is 2. The highest BCUT2D eigenvalue weighted by Crippen LogP contribution is 2.23. The van der Waals surface area contributed by atoms with Gasteiger partial charge in [0.25, 0.3) is 5.91 Å². The summed E-state index contributed by atoms with van der Waals surface area (Å²) in [4.78, 5) is 30.0. The first-order valence-corrected chi connectivity index (χ1v) is 8.17. The van der Waals surface area contributed by atoms with Crippen LogP contribution in [0.3, 0.4) is 0 Å². The smallest absolute Gasteiger partial charge is 0.264 e. The van der Waals surface area contributed by atoms with E-state index in [1.807, 2.05) is 18.4 Å². The highest BCUT2D eigenvalue weighted by Gasteiger charge is 2.17. The summed E-state index contributed by atoms with van der Waals surface area (Å²) in [7, 11) is 1.60. The lowest BCUT2D eigenvalue weighted by molar-refractivity contribution is -0.116. The summed E-state index contributed by atoms with van der Waals surface area (Å²) in [6.07, 6.45) is 0. The number of hydrogen-bond acceptors (Lipinski definition) is 5. The number of hydrogen-bond donors (Lipinski definition) is 1. The molecule has 0 saturated heterocycles. The van der Waals surface area contributed by atoms with Crippen molar-refractivity contribution >= 4 is 55.5 Å². The Morgan fingerprint density at radius 3 is 2.75 bits per heavy atom. The number of amides is 2. The topological polar surface area (TPSA) is 62.3 Å². The first kappa shape index (κ1) is 15.1. The molecule has 2 rings (SSSR count). The van der Waals surface area contributed by atoms with E-state index in [0.29, 0.717) is 10.0 Å². The Bertz CT molecular complexity index is 638. The molecule has 1 N–H and O–H groups in total. The van der Waals surface area contributed by atoms with Crippen molar-refractivity contribution in [2.75, 3.05) is 18.9 Å². The molecule has 0 unspecified atom stereocenters. The molecule has 0 spiro atoms. The number of likely N-dealkylation sites (N-methyl/N-ethyl adjacent to an activating group) is 1. The standard InChI is InChI=1S/C12H12BrN3O2S2/c1-7-6-19-12(14-7)15-10(17)5-16(2)11(18)8-3-4-9(13)20-8/h3-4,6H,5H2,1-2H3,(H,14,15,17). The molecule has 0 aromatic carbocycles. The van der Waals surface area contributed by atoms with Crippen molar-refractivity contribution < 1.29 is 9.59 Å². The highest BCUT2D eigenvalue weighted by molar-refractivity contribution is 9.11. The zero-order chi connectivity index (χ0) is 14.7. The van der Waals surface area contributed by atoms with E-state index in [0.717, 1.165) is 9.48 Å². The van der Waals surface area contributed by atoms with E-state index in [9.17, 15) is 9.59 Å². The van der Waals surface area contributed by atoms with E-state index in [4.69, 9.17) is 0 Å². The first-order chi connectivity index (χ1) is 9.45. The minimum absolute atomic E-state index is 0.00696. The van der Waals surface area contributed by atoms with Crippen LogP contribution in [-0.2, 0) is 4.79 Å². The van der Waals surface area contributed by atoms with Gasteiger partial charge in [-0.05, 0) is 35.0 Å². The maximum Gasteiger partial charge on any atom is 0.264 e. The van der Waals surface area contributed by atoms with Crippen LogP contribution in [0.15, 0.2) is 21.3 Å². The quantitative estimate of drug-likeness (QED) is 0.895. The number of nitrogens with one attached hydrogen (secondary N) is 1. The third kappa shape index (κ3) is 3.87. The fourth-order valence-corrected chi connectivity index (χ4v) is 3.56. The molecule has 5 nitrogen and oxygen atoms in total. The van der Waals surface area contributed by atoms with Crippen molar-refractivity contribution in [3.05, 3.63) is 31.9 Å². The molecule has 106 valence electrons. The van der Waals surface area contributed by atoms with Gasteiger partial charge in [0.2, 0.25) is 5.91 Å². The number of nitrogens with zero attached hydrogens (tertiary/aromatic N) is 2. The molecule has 0 atom stereocenters. The largest absolute Gasteiger partial charge is 0.332 e. The second-order valence-corrected chi connectivity index (χ2v) is 7.43. The Balaban J connectivity index is 1.92. The number of thiophene rings is 1. The zero-order valence-electron chi connectivity index (χ0n) is 10.8. The maximum atomic E-state index is 12.1. The van der Waals surface area contributed by atoms with E-state index < -0.39 is 0 Å². The summed E-state index contributed by atoms with van der Waals surface area (Å²) in [5.41, 5.74) is 0.859. The predicted octanol–water partition coefficient (Wildman–Crippen LogP) is 2.99. The van der Waals surface area contributed by atoms with Crippen LogP contribution < -0.4 is 5.32 Å². The molecule has 2 aromatic heterocycles. The fraction of sp³-hybridized carbons (Fsp3) is 0.250. The van der Waals surface area contributed by atoms with Crippen LogP contribution in [0.25, 0.3) is 0 Å². The SMILES string of the molecule is Cc1csc(NC(=O)CN(C)C(=O)c2ccc(Br)s2)n1. The molecule has 8 heteroatoms. The van der Waals surface area contributed by atoms with Crippen molar-refractivity contribution in [3.63, 3.8) is 0 Å². The van der Waals surface area contributed by atoms with Gasteiger partial charge in [-0.2, -0.15) is 0 Å². The molecule has 20 heavy (non-hydrogen) atoms. The Kier molecular flexibility index (Phi) is 4.90. The van der Waals surface area contributed by atoms with Gasteiger partial charge < -0.3 is 10.2 Å². The molecule has 0 aliphatic rings. The summed E-state index contributed by atoms with van der Waals surface area (Å²) in [5.74, 6) is -0.433. The second-order valence-electron chi connectivity index (χ2n) is 4.11. The van der Waals surface area contributed by atoms with Gasteiger partial charge in [-0.15, -0.1) is 22.7 Å². The molecule has 2 heterocycles. The van der Waals surface area contributed by atoms with E-state index in [-0.39, 0.29) is 18.4 Å². The van der Waals surface area contributed by atoms with Crippen molar-refractivity contribution in [1.82, 2.24) is 9.88 Å². The van der Waals surface area contributed by atoms with E-state index in [1.54, 1.807) is 13.1 Å². The summed E-state index contributed by atoms with van der Waals surface area (Å²) >= 11 is 6.01. The lowest BCUT2D eigenvalue weighted by Crippen LogP contribution is -2.34. The average molecular weight is 374 g/mol. The minimum atomic E-state index is -0.258. The number of thiazole rings is 1. The molecule has 0 fully saturated rings. The van der Waals surface area contributed by atoms with Crippen LogP contribution in [0.1, 0.15) is 15.4 Å². The van der Waals surface area contributed by atoms with Gasteiger partial charge in [0, 0.05) is 12.4 Å². The monoisotopic (exact) mass is 373 g/mol. The summed E-state index contributed by atoms with van der Waals surface area (Å²) in [6, 6.07) is 3.54. The maximum absolute atomic E-state index is 12.1. The number of aromatic nitrogens is 1. The summed E-state index contributed by atoms with van der Waals surface area (Å²) in [5, 5.41) is 5.08. The molecule has 2 aromatic rings. The number of halogens is 1. The minimum Gasteiger partial charge on any atom is -0.332 e. The van der Waals surface area contributed by atoms with Crippen molar-refractivity contribution in [2.24, 2.45) is 0 Å². The van der Waals surface area contributed by atoms with Crippen LogP contribution in [0.5, 0.6) is 0 Å². The molecule has 0 radical (unpaired) electrons. The third-order valence-corrected chi connectivity index (χ3v) is 4.86. The van der Waals surface area contributed by atoms with Crippen LogP contribution in [0.2, 0.25) is 0 Å². The second kappa shape index (κ2) is 6.47. The molecular weight excluding hydrogens is 362 g/mol. The molecule has 2 amide bonds. The summed E-state index contributed by atoms with van der Waals surface area (Å²) in [6.45, 7) is 1.85. The number of rotatable bonds is 4. The Labute approximate surface area is 132 Å². The van der Waals surface area contributed by atoms with E-state index >= 15 is 0 Å².